The van der Waals surface area contributed by atoms with Gasteiger partial charge in [0.1, 0.15) is 5.57 Å². The van der Waals surface area contributed by atoms with E-state index >= 15 is 0 Å². The number of carbonyl (C=O) groups excluding carboxylic acids is 1. The van der Waals surface area contributed by atoms with Gasteiger partial charge < -0.3 is 10.1 Å². The Morgan fingerprint density at radius 2 is 2.09 bits per heavy atom. The second-order valence-corrected chi connectivity index (χ2v) is 6.02. The first-order chi connectivity index (χ1) is 10.6. The molecule has 1 unspecified atom stereocenters. The summed E-state index contributed by atoms with van der Waals surface area (Å²) in [6.45, 7) is 0. The highest BCUT2D eigenvalue weighted by molar-refractivity contribution is 9.10. The lowest BCUT2D eigenvalue weighted by Crippen LogP contribution is -2.10. The van der Waals surface area contributed by atoms with Gasteiger partial charge in [-0.05, 0) is 18.2 Å². The number of Topliss-reactive ketones (excluding diaryl/α,β-unsaturated/α-hetero) is 1. The standard InChI is InChI=1S/C16H12BrClN2O2/c1-19-16-13(12-8-9(17)6-7-20-12)14(21)15(22-16)10-4-2-3-5-11(10)18/h2-8,15,19H,1H3. The third-order valence-corrected chi connectivity index (χ3v) is 4.18. The number of carbonyl (C=O) groups is 1. The minimum absolute atomic E-state index is 0.164. The van der Waals surface area contributed by atoms with Crippen molar-refractivity contribution in [2.45, 2.75) is 6.10 Å². The maximum absolute atomic E-state index is 12.8. The maximum atomic E-state index is 12.8. The molecule has 2 aromatic rings. The van der Waals surface area contributed by atoms with E-state index in [-0.39, 0.29) is 5.78 Å². The molecule has 4 nitrogen and oxygen atoms in total. The molecule has 1 aliphatic rings. The number of nitrogens with one attached hydrogen (secondary N) is 1. The van der Waals surface area contributed by atoms with Gasteiger partial charge in [-0.1, -0.05) is 45.7 Å². The molecule has 1 N–H and O–H groups in total. The van der Waals surface area contributed by atoms with E-state index in [2.05, 4.69) is 26.2 Å². The lowest BCUT2D eigenvalue weighted by molar-refractivity contribution is -0.120. The average molecular weight is 380 g/mol. The molecule has 3 rings (SSSR count). The van der Waals surface area contributed by atoms with Crippen molar-refractivity contribution in [3.05, 3.63) is 69.2 Å². The molecule has 6 heteroatoms. The van der Waals surface area contributed by atoms with Crippen LogP contribution in [0, 0.1) is 0 Å². The second kappa shape index (κ2) is 6.10. The summed E-state index contributed by atoms with van der Waals surface area (Å²) in [4.78, 5) is 17.1. The van der Waals surface area contributed by atoms with E-state index in [9.17, 15) is 4.79 Å². The van der Waals surface area contributed by atoms with Crippen LogP contribution in [0.15, 0.2) is 53.0 Å². The number of nitrogens with zero attached hydrogens (tertiary/aromatic N) is 1. The lowest BCUT2D eigenvalue weighted by Gasteiger charge is -2.12. The van der Waals surface area contributed by atoms with Crippen LogP contribution in [-0.4, -0.2) is 17.8 Å². The van der Waals surface area contributed by atoms with Crippen LogP contribution < -0.4 is 5.32 Å². The van der Waals surface area contributed by atoms with E-state index in [4.69, 9.17) is 16.3 Å². The Hall–Kier alpha value is -1.85. The molecule has 0 amide bonds. The minimum atomic E-state index is -0.757. The van der Waals surface area contributed by atoms with E-state index in [0.717, 1.165) is 4.47 Å². The van der Waals surface area contributed by atoms with Crippen molar-refractivity contribution in [1.82, 2.24) is 10.3 Å². The van der Waals surface area contributed by atoms with Crippen LogP contribution in [0.1, 0.15) is 17.4 Å². The number of ether oxygens (including phenoxy) is 1. The Kier molecular flexibility index (Phi) is 4.18. The molecule has 1 atom stereocenters. The van der Waals surface area contributed by atoms with Crippen LogP contribution in [0.2, 0.25) is 5.02 Å². The van der Waals surface area contributed by atoms with E-state index in [1.54, 1.807) is 37.5 Å². The summed E-state index contributed by atoms with van der Waals surface area (Å²) >= 11 is 9.57. The molecule has 112 valence electrons. The predicted molar refractivity (Wildman–Crippen MR) is 88.2 cm³/mol. The minimum Gasteiger partial charge on any atom is -0.462 e. The van der Waals surface area contributed by atoms with Gasteiger partial charge in [0.25, 0.3) is 0 Å². The number of pyridine rings is 1. The van der Waals surface area contributed by atoms with Gasteiger partial charge in [-0.15, -0.1) is 0 Å². The van der Waals surface area contributed by atoms with Gasteiger partial charge in [0, 0.05) is 28.3 Å². The van der Waals surface area contributed by atoms with Crippen molar-refractivity contribution in [3.8, 4) is 0 Å². The second-order valence-electron chi connectivity index (χ2n) is 4.70. The van der Waals surface area contributed by atoms with Crippen molar-refractivity contribution >= 4 is 38.9 Å². The number of hydrogen-bond donors (Lipinski definition) is 1. The molecule has 0 fully saturated rings. The summed E-state index contributed by atoms with van der Waals surface area (Å²) in [5.74, 6) is 0.239. The fourth-order valence-electron chi connectivity index (χ4n) is 2.33. The molecular formula is C16H12BrClN2O2. The number of aromatic nitrogens is 1. The molecule has 1 aromatic carbocycles. The zero-order valence-electron chi connectivity index (χ0n) is 11.6. The highest BCUT2D eigenvalue weighted by atomic mass is 79.9. The van der Waals surface area contributed by atoms with Crippen LogP contribution in [0.4, 0.5) is 0 Å². The van der Waals surface area contributed by atoms with Crippen LogP contribution in [-0.2, 0) is 9.53 Å². The number of ketones is 1. The van der Waals surface area contributed by atoms with E-state index in [1.165, 1.54) is 0 Å². The topological polar surface area (TPSA) is 51.2 Å². The van der Waals surface area contributed by atoms with Crippen LogP contribution in [0.25, 0.3) is 5.57 Å². The monoisotopic (exact) mass is 378 g/mol. The van der Waals surface area contributed by atoms with Crippen molar-refractivity contribution in [2.75, 3.05) is 7.05 Å². The first kappa shape index (κ1) is 15.1. The zero-order chi connectivity index (χ0) is 15.7. The summed E-state index contributed by atoms with van der Waals surface area (Å²) in [7, 11) is 1.70. The molecule has 0 aliphatic carbocycles. The van der Waals surface area contributed by atoms with Gasteiger partial charge in [-0.25, -0.2) is 0 Å². The predicted octanol–water partition coefficient (Wildman–Crippen LogP) is 3.73. The van der Waals surface area contributed by atoms with Gasteiger partial charge in [0.15, 0.2) is 6.10 Å². The Labute approximate surface area is 141 Å². The third kappa shape index (κ3) is 2.62. The molecule has 2 heterocycles. The van der Waals surface area contributed by atoms with Crippen molar-refractivity contribution in [2.24, 2.45) is 0 Å². The number of benzene rings is 1. The van der Waals surface area contributed by atoms with Crippen LogP contribution in [0.5, 0.6) is 0 Å². The van der Waals surface area contributed by atoms with E-state index in [0.29, 0.717) is 27.7 Å². The van der Waals surface area contributed by atoms with E-state index in [1.807, 2.05) is 12.1 Å². The van der Waals surface area contributed by atoms with Crippen LogP contribution >= 0.6 is 27.5 Å². The largest absolute Gasteiger partial charge is 0.462 e. The molecular weight excluding hydrogens is 368 g/mol. The van der Waals surface area contributed by atoms with Crippen molar-refractivity contribution < 1.29 is 9.53 Å². The summed E-state index contributed by atoms with van der Waals surface area (Å²) in [6.07, 6.45) is 0.877. The highest BCUT2D eigenvalue weighted by Gasteiger charge is 2.38. The summed E-state index contributed by atoms with van der Waals surface area (Å²) in [6, 6.07) is 10.7. The number of rotatable bonds is 3. The molecule has 0 radical (unpaired) electrons. The van der Waals surface area contributed by atoms with Crippen molar-refractivity contribution in [1.29, 1.82) is 0 Å². The number of hydrogen-bond acceptors (Lipinski definition) is 4. The third-order valence-electron chi connectivity index (χ3n) is 3.34. The first-order valence-electron chi connectivity index (χ1n) is 6.61. The van der Waals surface area contributed by atoms with Gasteiger partial charge >= 0.3 is 0 Å². The zero-order valence-corrected chi connectivity index (χ0v) is 14.0. The molecule has 1 aliphatic heterocycles. The SMILES string of the molecule is CNC1=C(c2cc(Br)ccn2)C(=O)C(c2ccccc2Cl)O1. The Bertz CT molecular complexity index is 776. The molecule has 0 saturated heterocycles. The van der Waals surface area contributed by atoms with E-state index < -0.39 is 6.10 Å². The Balaban J connectivity index is 2.04. The number of halogens is 2. The van der Waals surface area contributed by atoms with Gasteiger partial charge in [0.2, 0.25) is 11.7 Å². The molecule has 0 spiro atoms. The smallest absolute Gasteiger partial charge is 0.215 e. The van der Waals surface area contributed by atoms with Gasteiger partial charge in [-0.3, -0.25) is 9.78 Å². The fourth-order valence-corrected chi connectivity index (χ4v) is 2.90. The summed E-state index contributed by atoms with van der Waals surface area (Å²) in [5.41, 5.74) is 1.62. The molecule has 1 aromatic heterocycles. The molecule has 22 heavy (non-hydrogen) atoms. The fraction of sp³-hybridized carbons (Fsp3) is 0.125. The molecule has 0 bridgehead atoms. The van der Waals surface area contributed by atoms with Crippen LogP contribution in [0.3, 0.4) is 0 Å². The van der Waals surface area contributed by atoms with Crippen molar-refractivity contribution in [3.63, 3.8) is 0 Å². The Morgan fingerprint density at radius 3 is 2.77 bits per heavy atom. The molecule has 0 saturated carbocycles. The first-order valence-corrected chi connectivity index (χ1v) is 7.78. The normalized spacial score (nSPS) is 17.6. The Morgan fingerprint density at radius 1 is 1.32 bits per heavy atom. The maximum Gasteiger partial charge on any atom is 0.215 e. The summed E-state index contributed by atoms with van der Waals surface area (Å²) < 4.78 is 6.62. The van der Waals surface area contributed by atoms with Gasteiger partial charge in [-0.2, -0.15) is 0 Å². The average Bonchev–Trinajstić information content (AvgIpc) is 2.84. The highest BCUT2D eigenvalue weighted by Crippen LogP contribution is 2.38. The lowest BCUT2D eigenvalue weighted by atomic mass is 10.00. The summed E-state index contributed by atoms with van der Waals surface area (Å²) in [5, 5.41) is 3.42. The van der Waals surface area contributed by atoms with Gasteiger partial charge in [0.05, 0.1) is 5.69 Å². The quantitative estimate of drug-likeness (QED) is 0.883.